The Labute approximate surface area is 178 Å². The van der Waals surface area contributed by atoms with Crippen molar-refractivity contribution in [2.45, 2.75) is 51.7 Å². The predicted molar refractivity (Wildman–Crippen MR) is 119 cm³/mol. The van der Waals surface area contributed by atoms with Crippen LogP contribution < -0.4 is 15.4 Å². The number of likely N-dealkylation sites (tertiary alicyclic amines) is 1. The Morgan fingerprint density at radius 1 is 1.03 bits per heavy atom. The molecule has 6 nitrogen and oxygen atoms in total. The second-order valence-corrected chi connectivity index (χ2v) is 9.03. The first-order valence-corrected chi connectivity index (χ1v) is 10.7. The van der Waals surface area contributed by atoms with Crippen LogP contribution in [-0.4, -0.2) is 42.3 Å². The number of piperidine rings is 1. The van der Waals surface area contributed by atoms with Crippen LogP contribution in [-0.2, 0) is 11.2 Å². The Morgan fingerprint density at radius 3 is 2.40 bits per heavy atom. The molecular weight excluding hydrogens is 378 g/mol. The molecule has 0 atom stereocenters. The smallest absolute Gasteiger partial charge is 0.410 e. The topological polar surface area (TPSA) is 68.0 Å². The standard InChI is InChI=1S/C24H31N3O3/c1-24(2,3)30-23(28)26-14-11-19(12-15-26)29-22-6-4-5-21-20(22)13-16-27(21)18-9-7-17(25)8-10-18/h4-10,19H,11-16,25H2,1-3H3. The molecule has 30 heavy (non-hydrogen) atoms. The van der Waals surface area contributed by atoms with Crippen molar-refractivity contribution in [3.8, 4) is 5.75 Å². The van der Waals surface area contributed by atoms with Crippen molar-refractivity contribution in [3.63, 3.8) is 0 Å². The first kappa shape index (κ1) is 20.4. The van der Waals surface area contributed by atoms with Gasteiger partial charge in [-0.05, 0) is 63.6 Å². The minimum atomic E-state index is -0.467. The first-order valence-electron chi connectivity index (χ1n) is 10.7. The summed E-state index contributed by atoms with van der Waals surface area (Å²) in [6, 6.07) is 14.3. The van der Waals surface area contributed by atoms with Gasteiger partial charge in [-0.15, -0.1) is 0 Å². The van der Waals surface area contributed by atoms with Gasteiger partial charge in [0.15, 0.2) is 0 Å². The lowest BCUT2D eigenvalue weighted by Crippen LogP contribution is -2.44. The van der Waals surface area contributed by atoms with Crippen LogP contribution in [0.25, 0.3) is 0 Å². The summed E-state index contributed by atoms with van der Waals surface area (Å²) in [7, 11) is 0. The number of nitrogens with two attached hydrogens (primary N) is 1. The molecule has 160 valence electrons. The Kier molecular flexibility index (Phi) is 5.50. The molecule has 0 bridgehead atoms. The van der Waals surface area contributed by atoms with Crippen LogP contribution in [0.2, 0.25) is 0 Å². The maximum atomic E-state index is 12.3. The summed E-state index contributed by atoms with van der Waals surface area (Å²) in [5, 5.41) is 0. The van der Waals surface area contributed by atoms with Crippen LogP contribution >= 0.6 is 0 Å². The molecule has 0 unspecified atom stereocenters. The van der Waals surface area contributed by atoms with Crippen molar-refractivity contribution in [1.82, 2.24) is 4.90 Å². The van der Waals surface area contributed by atoms with Gasteiger partial charge in [-0.1, -0.05) is 6.07 Å². The Bertz CT molecular complexity index is 897. The molecule has 2 aliphatic heterocycles. The highest BCUT2D eigenvalue weighted by Crippen LogP contribution is 2.40. The van der Waals surface area contributed by atoms with Crippen LogP contribution in [0.5, 0.6) is 5.75 Å². The second kappa shape index (κ2) is 8.09. The van der Waals surface area contributed by atoms with E-state index < -0.39 is 5.60 Å². The van der Waals surface area contributed by atoms with E-state index in [2.05, 4.69) is 35.2 Å². The van der Waals surface area contributed by atoms with Gasteiger partial charge in [0.1, 0.15) is 17.5 Å². The van der Waals surface area contributed by atoms with Crippen molar-refractivity contribution in [2.24, 2.45) is 0 Å². The number of hydrogen-bond donors (Lipinski definition) is 1. The van der Waals surface area contributed by atoms with Gasteiger partial charge in [0.2, 0.25) is 0 Å². The number of anilines is 3. The molecule has 0 aromatic heterocycles. The largest absolute Gasteiger partial charge is 0.490 e. The van der Waals surface area contributed by atoms with E-state index in [1.54, 1.807) is 4.90 Å². The summed E-state index contributed by atoms with van der Waals surface area (Å²) in [5.41, 5.74) is 9.74. The maximum absolute atomic E-state index is 12.3. The molecule has 2 N–H and O–H groups in total. The van der Waals surface area contributed by atoms with E-state index in [-0.39, 0.29) is 12.2 Å². The second-order valence-electron chi connectivity index (χ2n) is 9.03. The molecule has 2 aliphatic rings. The lowest BCUT2D eigenvalue weighted by atomic mass is 10.1. The van der Waals surface area contributed by atoms with Crippen molar-refractivity contribution in [2.75, 3.05) is 30.3 Å². The Hall–Kier alpha value is -2.89. The average molecular weight is 410 g/mol. The van der Waals surface area contributed by atoms with Crippen LogP contribution in [0.3, 0.4) is 0 Å². The lowest BCUT2D eigenvalue weighted by Gasteiger charge is -2.33. The fraction of sp³-hybridized carbons (Fsp3) is 0.458. The molecule has 4 rings (SSSR count). The zero-order valence-electron chi connectivity index (χ0n) is 18.1. The molecule has 0 saturated carbocycles. The summed E-state index contributed by atoms with van der Waals surface area (Å²) in [6.45, 7) is 7.92. The van der Waals surface area contributed by atoms with Crippen LogP contribution in [0.1, 0.15) is 39.2 Å². The number of rotatable bonds is 3. The van der Waals surface area contributed by atoms with Crippen molar-refractivity contribution in [3.05, 3.63) is 48.0 Å². The maximum Gasteiger partial charge on any atom is 0.410 e. The van der Waals surface area contributed by atoms with Crippen molar-refractivity contribution < 1.29 is 14.3 Å². The Morgan fingerprint density at radius 2 is 1.73 bits per heavy atom. The monoisotopic (exact) mass is 409 g/mol. The first-order chi connectivity index (χ1) is 14.3. The summed E-state index contributed by atoms with van der Waals surface area (Å²) < 4.78 is 11.9. The number of fused-ring (bicyclic) bond motifs is 1. The molecule has 0 aliphatic carbocycles. The molecule has 0 spiro atoms. The Balaban J connectivity index is 1.40. The highest BCUT2D eigenvalue weighted by atomic mass is 16.6. The third-order valence-corrected chi connectivity index (χ3v) is 5.58. The molecule has 1 fully saturated rings. The molecule has 1 amide bonds. The molecule has 2 heterocycles. The molecule has 2 aromatic rings. The van der Waals surface area contributed by atoms with E-state index >= 15 is 0 Å². The SMILES string of the molecule is CC(C)(C)OC(=O)N1CCC(Oc2cccc3c2CCN3c2ccc(N)cc2)CC1. The van der Waals surface area contributed by atoms with Gasteiger partial charge in [-0.2, -0.15) is 0 Å². The van der Waals surface area contributed by atoms with Crippen LogP contribution in [0, 0.1) is 0 Å². The zero-order valence-corrected chi connectivity index (χ0v) is 18.1. The molecule has 0 radical (unpaired) electrons. The van der Waals surface area contributed by atoms with E-state index in [1.165, 1.54) is 11.3 Å². The third kappa shape index (κ3) is 4.48. The number of nitrogen functional groups attached to an aromatic ring is 1. The van der Waals surface area contributed by atoms with Gasteiger partial charge < -0.3 is 25.0 Å². The summed E-state index contributed by atoms with van der Waals surface area (Å²) in [6.07, 6.45) is 2.45. The number of carbonyl (C=O) groups is 1. The fourth-order valence-corrected chi connectivity index (χ4v) is 4.10. The van der Waals surface area contributed by atoms with Gasteiger partial charge in [0.05, 0.1) is 0 Å². The van der Waals surface area contributed by atoms with Gasteiger partial charge in [0, 0.05) is 55.1 Å². The minimum absolute atomic E-state index is 0.112. The van der Waals surface area contributed by atoms with E-state index in [4.69, 9.17) is 15.2 Å². The van der Waals surface area contributed by atoms with E-state index in [9.17, 15) is 4.79 Å². The fourth-order valence-electron chi connectivity index (χ4n) is 4.10. The van der Waals surface area contributed by atoms with E-state index in [0.717, 1.165) is 42.9 Å². The van der Waals surface area contributed by atoms with Gasteiger partial charge in [-0.3, -0.25) is 0 Å². The number of hydrogen-bond acceptors (Lipinski definition) is 5. The van der Waals surface area contributed by atoms with Gasteiger partial charge in [0.25, 0.3) is 0 Å². The predicted octanol–water partition coefficient (Wildman–Crippen LogP) is 4.74. The number of amides is 1. The zero-order chi connectivity index (χ0) is 21.3. The highest BCUT2D eigenvalue weighted by molar-refractivity contribution is 5.73. The van der Waals surface area contributed by atoms with Crippen molar-refractivity contribution >= 4 is 23.2 Å². The molecule has 2 aromatic carbocycles. The van der Waals surface area contributed by atoms with Crippen LogP contribution in [0.15, 0.2) is 42.5 Å². The number of nitrogens with zero attached hydrogens (tertiary/aromatic N) is 2. The van der Waals surface area contributed by atoms with Gasteiger partial charge >= 0.3 is 6.09 Å². The quantitative estimate of drug-likeness (QED) is 0.742. The van der Waals surface area contributed by atoms with E-state index in [0.29, 0.717) is 13.1 Å². The number of ether oxygens (including phenoxy) is 2. The third-order valence-electron chi connectivity index (χ3n) is 5.58. The molecular formula is C24H31N3O3. The minimum Gasteiger partial charge on any atom is -0.490 e. The number of benzene rings is 2. The molecule has 6 heteroatoms. The summed E-state index contributed by atoms with van der Waals surface area (Å²) in [4.78, 5) is 16.4. The normalized spacial score (nSPS) is 17.0. The van der Waals surface area contributed by atoms with Crippen LogP contribution in [0.4, 0.5) is 21.9 Å². The number of carbonyl (C=O) groups excluding carboxylic acids is 1. The summed E-state index contributed by atoms with van der Waals surface area (Å²) in [5.74, 6) is 0.959. The van der Waals surface area contributed by atoms with Gasteiger partial charge in [-0.25, -0.2) is 4.79 Å². The highest BCUT2D eigenvalue weighted by Gasteiger charge is 2.29. The van der Waals surface area contributed by atoms with Crippen molar-refractivity contribution in [1.29, 1.82) is 0 Å². The molecule has 1 saturated heterocycles. The van der Waals surface area contributed by atoms with E-state index in [1.807, 2.05) is 32.9 Å². The average Bonchev–Trinajstić information content (AvgIpc) is 3.13. The lowest BCUT2D eigenvalue weighted by molar-refractivity contribution is 0.0126. The summed E-state index contributed by atoms with van der Waals surface area (Å²) >= 11 is 0.